The van der Waals surface area contributed by atoms with Gasteiger partial charge in [0.25, 0.3) is 0 Å². The third-order valence-corrected chi connectivity index (χ3v) is 2.79. The van der Waals surface area contributed by atoms with Crippen molar-refractivity contribution in [1.29, 1.82) is 0 Å². The Kier molecular flexibility index (Phi) is 10.7. The molecule has 0 saturated carbocycles. The van der Waals surface area contributed by atoms with E-state index in [1.807, 2.05) is 20.8 Å². The number of carbonyl (C=O) groups is 1. The van der Waals surface area contributed by atoms with Crippen LogP contribution in [0, 0.1) is 0 Å². The molecule has 20 heavy (non-hydrogen) atoms. The van der Waals surface area contributed by atoms with Crippen molar-refractivity contribution >= 4 is 5.97 Å². The summed E-state index contributed by atoms with van der Waals surface area (Å²) in [7, 11) is 0. The van der Waals surface area contributed by atoms with Gasteiger partial charge >= 0.3 is 5.97 Å². The van der Waals surface area contributed by atoms with Crippen molar-refractivity contribution in [2.45, 2.75) is 72.4 Å². The molecule has 0 fully saturated rings. The molecule has 0 aromatic carbocycles. The lowest BCUT2D eigenvalue weighted by molar-refractivity contribution is -0.146. The van der Waals surface area contributed by atoms with Crippen LogP contribution in [0.3, 0.4) is 0 Å². The van der Waals surface area contributed by atoms with Gasteiger partial charge in [-0.2, -0.15) is 0 Å². The number of rotatable bonds is 11. The minimum atomic E-state index is -0.291. The van der Waals surface area contributed by atoms with Gasteiger partial charge in [-0.3, -0.25) is 4.79 Å². The van der Waals surface area contributed by atoms with E-state index in [0.717, 1.165) is 6.42 Å². The van der Waals surface area contributed by atoms with Crippen LogP contribution < -0.4 is 0 Å². The highest BCUT2D eigenvalue weighted by Crippen LogP contribution is 2.04. The molecule has 0 spiro atoms. The van der Waals surface area contributed by atoms with Crippen LogP contribution in [0.1, 0.15) is 48.0 Å². The van der Waals surface area contributed by atoms with Crippen LogP contribution in [-0.2, 0) is 23.7 Å². The van der Waals surface area contributed by atoms with E-state index in [9.17, 15) is 4.79 Å². The minimum Gasteiger partial charge on any atom is -0.463 e. The Bertz CT molecular complexity index is 257. The molecule has 0 aliphatic rings. The van der Waals surface area contributed by atoms with Crippen LogP contribution in [0.5, 0.6) is 0 Å². The van der Waals surface area contributed by atoms with Crippen LogP contribution in [0.2, 0.25) is 0 Å². The first-order chi connectivity index (χ1) is 9.35. The highest BCUT2D eigenvalue weighted by Gasteiger charge is 2.12. The van der Waals surface area contributed by atoms with Gasteiger partial charge in [0.05, 0.1) is 37.6 Å². The normalized spacial score (nSPS) is 17.3. The topological polar surface area (TPSA) is 54.0 Å². The molecule has 0 heterocycles. The lowest BCUT2D eigenvalue weighted by Gasteiger charge is -2.21. The zero-order valence-electron chi connectivity index (χ0n) is 13.7. The van der Waals surface area contributed by atoms with Gasteiger partial charge in [-0.15, -0.1) is 0 Å². The van der Waals surface area contributed by atoms with Gasteiger partial charge in [0.1, 0.15) is 6.61 Å². The second-order valence-corrected chi connectivity index (χ2v) is 5.26. The highest BCUT2D eigenvalue weighted by atomic mass is 16.6. The summed E-state index contributed by atoms with van der Waals surface area (Å²) in [5.74, 6) is -0.291. The summed E-state index contributed by atoms with van der Waals surface area (Å²) in [6.07, 6.45) is 1.18. The van der Waals surface area contributed by atoms with E-state index in [4.69, 9.17) is 18.9 Å². The van der Waals surface area contributed by atoms with Crippen LogP contribution in [-0.4, -0.2) is 50.2 Å². The number of ether oxygens (including phenoxy) is 4. The molecule has 0 aromatic rings. The molecule has 0 amide bonds. The van der Waals surface area contributed by atoms with Crippen LogP contribution in [0.15, 0.2) is 0 Å². The summed E-state index contributed by atoms with van der Waals surface area (Å²) >= 11 is 0. The third kappa shape index (κ3) is 11.2. The number of carbonyl (C=O) groups excluding carboxylic acids is 1. The van der Waals surface area contributed by atoms with Crippen molar-refractivity contribution in [2.24, 2.45) is 0 Å². The molecule has 0 radical (unpaired) electrons. The first kappa shape index (κ1) is 19.4. The second-order valence-electron chi connectivity index (χ2n) is 5.26. The van der Waals surface area contributed by atoms with E-state index in [1.165, 1.54) is 6.92 Å². The Balaban J connectivity index is 3.67. The quantitative estimate of drug-likeness (QED) is 0.547. The zero-order valence-corrected chi connectivity index (χ0v) is 13.7. The SMILES string of the molecule is CCC(C)OC(C)COC(C)COC(C)COC(C)=O. The van der Waals surface area contributed by atoms with Crippen molar-refractivity contribution in [3.8, 4) is 0 Å². The van der Waals surface area contributed by atoms with Crippen LogP contribution in [0.25, 0.3) is 0 Å². The Morgan fingerprint density at radius 1 is 0.850 bits per heavy atom. The molecule has 120 valence electrons. The van der Waals surface area contributed by atoms with Gasteiger partial charge in [0.2, 0.25) is 0 Å². The molecular formula is C15H30O5. The second kappa shape index (κ2) is 11.1. The predicted molar refractivity (Wildman–Crippen MR) is 77.8 cm³/mol. The fourth-order valence-corrected chi connectivity index (χ4v) is 1.46. The van der Waals surface area contributed by atoms with Crippen molar-refractivity contribution in [2.75, 3.05) is 19.8 Å². The Morgan fingerprint density at radius 3 is 1.85 bits per heavy atom. The molecule has 0 aliphatic heterocycles. The summed E-state index contributed by atoms with van der Waals surface area (Å²) < 4.78 is 21.8. The number of hydrogen-bond acceptors (Lipinski definition) is 5. The van der Waals surface area contributed by atoms with Gasteiger partial charge in [-0.25, -0.2) is 0 Å². The number of hydrogen-bond donors (Lipinski definition) is 0. The third-order valence-electron chi connectivity index (χ3n) is 2.79. The smallest absolute Gasteiger partial charge is 0.302 e. The first-order valence-electron chi connectivity index (χ1n) is 7.37. The van der Waals surface area contributed by atoms with Crippen molar-refractivity contribution < 1.29 is 23.7 Å². The lowest BCUT2D eigenvalue weighted by atomic mass is 10.3. The highest BCUT2D eigenvalue weighted by molar-refractivity contribution is 5.65. The Labute approximate surface area is 122 Å². The van der Waals surface area contributed by atoms with Gasteiger partial charge in [0, 0.05) is 6.92 Å². The fraction of sp³-hybridized carbons (Fsp3) is 0.933. The zero-order chi connectivity index (χ0) is 15.5. The monoisotopic (exact) mass is 290 g/mol. The molecule has 0 rings (SSSR count). The Morgan fingerprint density at radius 2 is 1.35 bits per heavy atom. The average Bonchev–Trinajstić information content (AvgIpc) is 2.40. The maximum absolute atomic E-state index is 10.7. The van der Waals surface area contributed by atoms with Gasteiger partial charge in [-0.1, -0.05) is 6.92 Å². The lowest BCUT2D eigenvalue weighted by Crippen LogP contribution is -2.28. The van der Waals surface area contributed by atoms with Crippen LogP contribution >= 0.6 is 0 Å². The molecule has 0 aliphatic carbocycles. The van der Waals surface area contributed by atoms with E-state index in [1.54, 1.807) is 0 Å². The molecule has 0 saturated heterocycles. The fourth-order valence-electron chi connectivity index (χ4n) is 1.46. The van der Waals surface area contributed by atoms with Gasteiger partial charge < -0.3 is 18.9 Å². The van der Waals surface area contributed by atoms with Crippen LogP contribution in [0.4, 0.5) is 0 Å². The van der Waals surface area contributed by atoms with E-state index in [0.29, 0.717) is 13.2 Å². The van der Waals surface area contributed by atoms with Gasteiger partial charge in [0.15, 0.2) is 0 Å². The molecule has 5 heteroatoms. The van der Waals surface area contributed by atoms with E-state index >= 15 is 0 Å². The molecule has 4 unspecified atom stereocenters. The Hall–Kier alpha value is -0.650. The van der Waals surface area contributed by atoms with E-state index < -0.39 is 0 Å². The first-order valence-corrected chi connectivity index (χ1v) is 7.37. The number of esters is 1. The molecule has 0 aromatic heterocycles. The van der Waals surface area contributed by atoms with Crippen molar-refractivity contribution in [3.05, 3.63) is 0 Å². The average molecular weight is 290 g/mol. The molecule has 5 nitrogen and oxygen atoms in total. The van der Waals surface area contributed by atoms with Crippen molar-refractivity contribution in [3.63, 3.8) is 0 Å². The summed E-state index contributed by atoms with van der Waals surface area (Å²) in [5.41, 5.74) is 0. The maximum Gasteiger partial charge on any atom is 0.302 e. The summed E-state index contributed by atoms with van der Waals surface area (Å²) in [5, 5.41) is 0. The largest absolute Gasteiger partial charge is 0.463 e. The molecular weight excluding hydrogens is 260 g/mol. The van der Waals surface area contributed by atoms with E-state index in [-0.39, 0.29) is 37.0 Å². The maximum atomic E-state index is 10.7. The molecule has 0 N–H and O–H groups in total. The van der Waals surface area contributed by atoms with Crippen molar-refractivity contribution in [1.82, 2.24) is 0 Å². The molecule has 0 bridgehead atoms. The standard InChI is InChI=1S/C15H30O5/c1-7-11(2)20-14(5)10-18-12(3)8-17-13(4)9-19-15(6)16/h11-14H,7-10H2,1-6H3. The summed E-state index contributed by atoms with van der Waals surface area (Å²) in [6.45, 7) is 12.7. The van der Waals surface area contributed by atoms with Gasteiger partial charge in [-0.05, 0) is 34.1 Å². The minimum absolute atomic E-state index is 0.0160. The predicted octanol–water partition coefficient (Wildman–Crippen LogP) is 2.56. The molecule has 4 atom stereocenters. The van der Waals surface area contributed by atoms with E-state index in [2.05, 4.69) is 13.8 Å². The summed E-state index contributed by atoms with van der Waals surface area (Å²) in [4.78, 5) is 10.7. The summed E-state index contributed by atoms with van der Waals surface area (Å²) in [6, 6.07) is 0.